The molecule has 0 saturated carbocycles. The van der Waals surface area contributed by atoms with Crippen molar-refractivity contribution in [1.82, 2.24) is 9.97 Å². The van der Waals surface area contributed by atoms with E-state index in [0.29, 0.717) is 37.5 Å². The Morgan fingerprint density at radius 1 is 1.16 bits per heavy atom. The van der Waals surface area contributed by atoms with Gasteiger partial charge in [-0.05, 0) is 6.42 Å². The molecule has 0 bridgehead atoms. The predicted octanol–water partition coefficient (Wildman–Crippen LogP) is 2.51. The van der Waals surface area contributed by atoms with Crippen LogP contribution in [-0.2, 0) is 15.9 Å². The van der Waals surface area contributed by atoms with E-state index in [2.05, 4.69) is 16.9 Å². The summed E-state index contributed by atoms with van der Waals surface area (Å²) in [5.41, 5.74) is 0.881. The molecule has 0 aromatic carbocycles. The summed E-state index contributed by atoms with van der Waals surface area (Å²) in [5.74, 6) is 0.582. The Bertz CT molecular complexity index is 364. The summed E-state index contributed by atoms with van der Waals surface area (Å²) in [6, 6.07) is 0. The zero-order valence-electron chi connectivity index (χ0n) is 11.5. The number of hydrogen-bond donors (Lipinski definition) is 0. The van der Waals surface area contributed by atoms with Gasteiger partial charge in [0.2, 0.25) is 5.88 Å². The summed E-state index contributed by atoms with van der Waals surface area (Å²) >= 11 is 6.04. The third-order valence-electron chi connectivity index (χ3n) is 2.46. The molecule has 0 spiro atoms. The fourth-order valence-electron chi connectivity index (χ4n) is 1.53. The quantitative estimate of drug-likeness (QED) is 0.489. The zero-order chi connectivity index (χ0) is 13.9. The van der Waals surface area contributed by atoms with Gasteiger partial charge in [0.1, 0.15) is 11.5 Å². The summed E-state index contributed by atoms with van der Waals surface area (Å²) in [4.78, 5) is 8.10. The molecule has 0 aliphatic carbocycles. The molecule has 0 radical (unpaired) electrons. The number of rotatable bonds is 10. The summed E-state index contributed by atoms with van der Waals surface area (Å²) in [6.45, 7) is 4.50. The van der Waals surface area contributed by atoms with Crippen LogP contribution in [0.3, 0.4) is 0 Å². The summed E-state index contributed by atoms with van der Waals surface area (Å²) < 4.78 is 15.9. The zero-order valence-corrected chi connectivity index (χ0v) is 12.3. The molecular weight excluding hydrogens is 268 g/mol. The molecular formula is C13H21ClN2O3. The molecule has 0 amide bonds. The number of aromatic nitrogens is 2. The van der Waals surface area contributed by atoms with Crippen LogP contribution in [0, 0.1) is 0 Å². The molecule has 1 aromatic heterocycles. The maximum Gasteiger partial charge on any atom is 0.221 e. The van der Waals surface area contributed by atoms with Crippen LogP contribution in [0.25, 0.3) is 0 Å². The van der Waals surface area contributed by atoms with Gasteiger partial charge in [0.15, 0.2) is 0 Å². The molecule has 1 heterocycles. The van der Waals surface area contributed by atoms with Gasteiger partial charge in [-0.3, -0.25) is 0 Å². The molecule has 5 nitrogen and oxygen atoms in total. The van der Waals surface area contributed by atoms with E-state index in [9.17, 15) is 0 Å². The first-order valence-corrected chi connectivity index (χ1v) is 6.86. The second-order valence-electron chi connectivity index (χ2n) is 4.01. The summed E-state index contributed by atoms with van der Waals surface area (Å²) in [6.07, 6.45) is 4.02. The van der Waals surface area contributed by atoms with Gasteiger partial charge in [-0.2, -0.15) is 0 Å². The largest absolute Gasteiger partial charge is 0.477 e. The highest BCUT2D eigenvalue weighted by atomic mass is 35.5. The lowest BCUT2D eigenvalue weighted by Crippen LogP contribution is -2.08. The van der Waals surface area contributed by atoms with Crippen molar-refractivity contribution in [2.75, 3.05) is 33.5 Å². The molecule has 0 aliphatic rings. The minimum Gasteiger partial charge on any atom is -0.477 e. The molecule has 1 aromatic rings. The van der Waals surface area contributed by atoms with E-state index < -0.39 is 0 Å². The lowest BCUT2D eigenvalue weighted by molar-refractivity contribution is 0.0641. The summed E-state index contributed by atoms with van der Waals surface area (Å²) in [7, 11) is 1.65. The third-order valence-corrected chi connectivity index (χ3v) is 2.78. The van der Waals surface area contributed by atoms with Crippen LogP contribution in [0.5, 0.6) is 5.88 Å². The first kappa shape index (κ1) is 16.1. The van der Waals surface area contributed by atoms with E-state index in [1.165, 1.54) is 6.33 Å². The van der Waals surface area contributed by atoms with Gasteiger partial charge in [0, 0.05) is 20.1 Å². The molecule has 19 heavy (non-hydrogen) atoms. The minimum atomic E-state index is 0.475. The van der Waals surface area contributed by atoms with Crippen molar-refractivity contribution in [3.63, 3.8) is 0 Å². The monoisotopic (exact) mass is 288 g/mol. The van der Waals surface area contributed by atoms with Crippen LogP contribution in [-0.4, -0.2) is 43.5 Å². The SMILES string of the molecule is CCCc1c(Cl)ncnc1OCCCOCCOC. The predicted molar refractivity (Wildman–Crippen MR) is 73.8 cm³/mol. The van der Waals surface area contributed by atoms with Gasteiger partial charge in [-0.25, -0.2) is 9.97 Å². The highest BCUT2D eigenvalue weighted by Crippen LogP contribution is 2.23. The smallest absolute Gasteiger partial charge is 0.221 e. The van der Waals surface area contributed by atoms with Gasteiger partial charge >= 0.3 is 0 Å². The normalized spacial score (nSPS) is 10.7. The number of hydrogen-bond acceptors (Lipinski definition) is 5. The van der Waals surface area contributed by atoms with Crippen LogP contribution >= 0.6 is 11.6 Å². The van der Waals surface area contributed by atoms with Crippen molar-refractivity contribution in [2.24, 2.45) is 0 Å². The van der Waals surface area contributed by atoms with Gasteiger partial charge in [0.25, 0.3) is 0 Å². The first-order valence-electron chi connectivity index (χ1n) is 6.48. The van der Waals surface area contributed by atoms with E-state index in [4.69, 9.17) is 25.8 Å². The Kier molecular flexibility index (Phi) is 8.45. The molecule has 0 fully saturated rings. The highest BCUT2D eigenvalue weighted by Gasteiger charge is 2.09. The van der Waals surface area contributed by atoms with E-state index in [1.54, 1.807) is 7.11 Å². The molecule has 0 saturated heterocycles. The molecule has 108 valence electrons. The topological polar surface area (TPSA) is 53.5 Å². The van der Waals surface area contributed by atoms with Gasteiger partial charge in [-0.15, -0.1) is 0 Å². The number of ether oxygens (including phenoxy) is 3. The Morgan fingerprint density at radius 2 is 2.00 bits per heavy atom. The number of methoxy groups -OCH3 is 1. The Labute approximate surface area is 119 Å². The van der Waals surface area contributed by atoms with Crippen LogP contribution in [0.4, 0.5) is 0 Å². The van der Waals surface area contributed by atoms with Crippen molar-refractivity contribution in [3.8, 4) is 5.88 Å². The molecule has 0 N–H and O–H groups in total. The molecule has 0 unspecified atom stereocenters. The van der Waals surface area contributed by atoms with Crippen LogP contribution < -0.4 is 4.74 Å². The Hall–Kier alpha value is -0.910. The van der Waals surface area contributed by atoms with Gasteiger partial charge < -0.3 is 14.2 Å². The Balaban J connectivity index is 2.30. The van der Waals surface area contributed by atoms with E-state index in [1.807, 2.05) is 0 Å². The lowest BCUT2D eigenvalue weighted by Gasteiger charge is -2.10. The van der Waals surface area contributed by atoms with Crippen molar-refractivity contribution in [2.45, 2.75) is 26.2 Å². The fourth-order valence-corrected chi connectivity index (χ4v) is 1.75. The van der Waals surface area contributed by atoms with Crippen molar-refractivity contribution in [3.05, 3.63) is 17.0 Å². The molecule has 0 aliphatic heterocycles. The molecule has 0 atom stereocenters. The number of nitrogens with zero attached hydrogens (tertiary/aromatic N) is 2. The van der Waals surface area contributed by atoms with Gasteiger partial charge in [-0.1, -0.05) is 24.9 Å². The van der Waals surface area contributed by atoms with Crippen LogP contribution in [0.2, 0.25) is 5.15 Å². The van der Waals surface area contributed by atoms with Crippen molar-refractivity contribution >= 4 is 11.6 Å². The molecule has 1 rings (SSSR count). The summed E-state index contributed by atoms with van der Waals surface area (Å²) in [5, 5.41) is 0.475. The van der Waals surface area contributed by atoms with Crippen molar-refractivity contribution < 1.29 is 14.2 Å². The van der Waals surface area contributed by atoms with E-state index >= 15 is 0 Å². The van der Waals surface area contributed by atoms with E-state index in [0.717, 1.165) is 24.8 Å². The second kappa shape index (κ2) is 9.95. The minimum absolute atomic E-state index is 0.475. The molecule has 6 heteroatoms. The average Bonchev–Trinajstić information content (AvgIpc) is 2.41. The average molecular weight is 289 g/mol. The van der Waals surface area contributed by atoms with Crippen LogP contribution in [0.1, 0.15) is 25.3 Å². The fraction of sp³-hybridized carbons (Fsp3) is 0.692. The van der Waals surface area contributed by atoms with E-state index in [-0.39, 0.29) is 0 Å². The third kappa shape index (κ3) is 6.18. The van der Waals surface area contributed by atoms with Crippen molar-refractivity contribution in [1.29, 1.82) is 0 Å². The number of halogens is 1. The standard InChI is InChI=1S/C13H21ClN2O3/c1-3-5-11-12(14)15-10-16-13(11)19-7-4-6-18-9-8-17-2/h10H,3-9H2,1-2H3. The highest BCUT2D eigenvalue weighted by molar-refractivity contribution is 6.30. The maximum absolute atomic E-state index is 6.04. The second-order valence-corrected chi connectivity index (χ2v) is 4.36. The Morgan fingerprint density at radius 3 is 2.74 bits per heavy atom. The maximum atomic E-state index is 6.04. The first-order chi connectivity index (χ1) is 9.29. The van der Waals surface area contributed by atoms with Crippen LogP contribution in [0.15, 0.2) is 6.33 Å². The lowest BCUT2D eigenvalue weighted by atomic mass is 10.2. The van der Waals surface area contributed by atoms with Gasteiger partial charge in [0.05, 0.1) is 25.4 Å².